The Hall–Kier alpha value is -0.0800. The highest BCUT2D eigenvalue weighted by Gasteiger charge is 2.22. The van der Waals surface area contributed by atoms with Crippen molar-refractivity contribution in [2.45, 2.75) is 65.5 Å². The molecule has 0 bridgehead atoms. The van der Waals surface area contributed by atoms with Gasteiger partial charge in [0, 0.05) is 31.7 Å². The second-order valence-corrected chi connectivity index (χ2v) is 5.49. The molecule has 0 aromatic rings. The van der Waals surface area contributed by atoms with Crippen LogP contribution in [0.15, 0.2) is 0 Å². The molecule has 2 unspecified atom stereocenters. The molecule has 1 aliphatic heterocycles. The van der Waals surface area contributed by atoms with Gasteiger partial charge < -0.3 is 5.32 Å². The molecule has 0 spiro atoms. The van der Waals surface area contributed by atoms with E-state index in [1.54, 1.807) is 0 Å². The first kappa shape index (κ1) is 14.0. The first-order valence-corrected chi connectivity index (χ1v) is 7.14. The Bertz CT molecular complexity index is 178. The van der Waals surface area contributed by atoms with Gasteiger partial charge in [-0.05, 0) is 38.5 Å². The molecule has 2 atom stereocenters. The van der Waals surface area contributed by atoms with Crippen LogP contribution in [0, 0.1) is 5.92 Å². The highest BCUT2D eigenvalue weighted by molar-refractivity contribution is 4.77. The quantitative estimate of drug-likeness (QED) is 0.749. The van der Waals surface area contributed by atoms with Crippen molar-refractivity contribution in [3.8, 4) is 0 Å². The van der Waals surface area contributed by atoms with Crippen LogP contribution in [-0.4, -0.2) is 36.6 Å². The Balaban J connectivity index is 2.20. The molecular weight excluding hydrogens is 196 g/mol. The van der Waals surface area contributed by atoms with Crippen molar-refractivity contribution in [3.63, 3.8) is 0 Å². The zero-order valence-electron chi connectivity index (χ0n) is 11.6. The third kappa shape index (κ3) is 4.42. The lowest BCUT2D eigenvalue weighted by atomic mass is 9.95. The molecule has 0 saturated carbocycles. The van der Waals surface area contributed by atoms with Crippen LogP contribution >= 0.6 is 0 Å². The van der Waals surface area contributed by atoms with Crippen molar-refractivity contribution >= 4 is 0 Å². The second kappa shape index (κ2) is 7.29. The molecule has 0 radical (unpaired) electrons. The molecular formula is C14H30N2. The van der Waals surface area contributed by atoms with Crippen LogP contribution in [-0.2, 0) is 0 Å². The van der Waals surface area contributed by atoms with Gasteiger partial charge in [0.15, 0.2) is 0 Å². The fraction of sp³-hybridized carbons (Fsp3) is 1.00. The van der Waals surface area contributed by atoms with E-state index in [9.17, 15) is 0 Å². The number of piperidine rings is 1. The van der Waals surface area contributed by atoms with Gasteiger partial charge in [-0.1, -0.05) is 20.8 Å². The van der Waals surface area contributed by atoms with Crippen LogP contribution in [0.3, 0.4) is 0 Å². The molecule has 1 rings (SSSR count). The average molecular weight is 226 g/mol. The SMILES string of the molecule is CCC(CC)NCCN1CC(C)CCC1C. The molecule has 1 fully saturated rings. The summed E-state index contributed by atoms with van der Waals surface area (Å²) in [6.07, 6.45) is 5.30. The number of likely N-dealkylation sites (tertiary alicyclic amines) is 1. The van der Waals surface area contributed by atoms with Crippen molar-refractivity contribution in [1.82, 2.24) is 10.2 Å². The second-order valence-electron chi connectivity index (χ2n) is 5.49. The Morgan fingerprint density at radius 1 is 1.19 bits per heavy atom. The van der Waals surface area contributed by atoms with E-state index in [1.165, 1.54) is 38.8 Å². The van der Waals surface area contributed by atoms with Gasteiger partial charge in [0.05, 0.1) is 0 Å². The zero-order valence-corrected chi connectivity index (χ0v) is 11.6. The molecule has 2 heteroatoms. The predicted octanol–water partition coefficient (Wildman–Crippen LogP) is 2.89. The maximum absolute atomic E-state index is 3.66. The van der Waals surface area contributed by atoms with Gasteiger partial charge >= 0.3 is 0 Å². The van der Waals surface area contributed by atoms with Crippen molar-refractivity contribution in [1.29, 1.82) is 0 Å². The largest absolute Gasteiger partial charge is 0.313 e. The number of rotatable bonds is 6. The van der Waals surface area contributed by atoms with Gasteiger partial charge in [0.25, 0.3) is 0 Å². The minimum atomic E-state index is 0.720. The summed E-state index contributed by atoms with van der Waals surface area (Å²) in [7, 11) is 0. The number of hydrogen-bond donors (Lipinski definition) is 1. The van der Waals surface area contributed by atoms with E-state index < -0.39 is 0 Å². The van der Waals surface area contributed by atoms with Gasteiger partial charge in [-0.2, -0.15) is 0 Å². The van der Waals surface area contributed by atoms with Crippen LogP contribution in [0.25, 0.3) is 0 Å². The van der Waals surface area contributed by atoms with Crippen LogP contribution < -0.4 is 5.32 Å². The lowest BCUT2D eigenvalue weighted by Crippen LogP contribution is -2.45. The zero-order chi connectivity index (χ0) is 12.0. The monoisotopic (exact) mass is 226 g/mol. The molecule has 0 aromatic heterocycles. The summed E-state index contributed by atoms with van der Waals surface area (Å²) >= 11 is 0. The van der Waals surface area contributed by atoms with E-state index in [-0.39, 0.29) is 0 Å². The average Bonchev–Trinajstić information content (AvgIpc) is 2.29. The minimum Gasteiger partial charge on any atom is -0.313 e. The van der Waals surface area contributed by atoms with E-state index in [1.807, 2.05) is 0 Å². The summed E-state index contributed by atoms with van der Waals surface area (Å²) in [4.78, 5) is 2.66. The molecule has 1 heterocycles. The highest BCUT2D eigenvalue weighted by atomic mass is 15.2. The third-order valence-electron chi connectivity index (χ3n) is 4.06. The van der Waals surface area contributed by atoms with Crippen LogP contribution in [0.5, 0.6) is 0 Å². The summed E-state index contributed by atoms with van der Waals surface area (Å²) < 4.78 is 0. The van der Waals surface area contributed by atoms with E-state index in [2.05, 4.69) is 37.9 Å². The van der Waals surface area contributed by atoms with Gasteiger partial charge in [0.2, 0.25) is 0 Å². The number of hydrogen-bond acceptors (Lipinski definition) is 2. The van der Waals surface area contributed by atoms with Crippen molar-refractivity contribution in [3.05, 3.63) is 0 Å². The molecule has 0 aliphatic carbocycles. The Morgan fingerprint density at radius 3 is 2.50 bits per heavy atom. The molecule has 1 N–H and O–H groups in total. The fourth-order valence-corrected chi connectivity index (χ4v) is 2.68. The van der Waals surface area contributed by atoms with E-state index in [0.29, 0.717) is 0 Å². The van der Waals surface area contributed by atoms with E-state index in [4.69, 9.17) is 0 Å². The standard InChI is InChI=1S/C14H30N2/c1-5-14(6-2)15-9-10-16-11-12(3)7-8-13(16)4/h12-15H,5-11H2,1-4H3. The lowest BCUT2D eigenvalue weighted by molar-refractivity contribution is 0.124. The van der Waals surface area contributed by atoms with Crippen LogP contribution in [0.1, 0.15) is 53.4 Å². The molecule has 0 amide bonds. The third-order valence-corrected chi connectivity index (χ3v) is 4.06. The summed E-state index contributed by atoms with van der Waals surface area (Å²) in [6, 6.07) is 1.51. The summed E-state index contributed by atoms with van der Waals surface area (Å²) in [6.45, 7) is 13.0. The topological polar surface area (TPSA) is 15.3 Å². The first-order chi connectivity index (χ1) is 7.67. The van der Waals surface area contributed by atoms with Crippen molar-refractivity contribution in [2.75, 3.05) is 19.6 Å². The molecule has 2 nitrogen and oxygen atoms in total. The molecule has 0 aromatic carbocycles. The van der Waals surface area contributed by atoms with E-state index >= 15 is 0 Å². The molecule has 96 valence electrons. The Morgan fingerprint density at radius 2 is 1.88 bits per heavy atom. The van der Waals surface area contributed by atoms with Crippen LogP contribution in [0.4, 0.5) is 0 Å². The van der Waals surface area contributed by atoms with Crippen molar-refractivity contribution < 1.29 is 0 Å². The van der Waals surface area contributed by atoms with Gasteiger partial charge in [0.1, 0.15) is 0 Å². The Kier molecular flexibility index (Phi) is 6.37. The maximum Gasteiger partial charge on any atom is 0.0110 e. The van der Waals surface area contributed by atoms with E-state index in [0.717, 1.165) is 24.5 Å². The van der Waals surface area contributed by atoms with Crippen molar-refractivity contribution in [2.24, 2.45) is 5.92 Å². The normalized spacial score (nSPS) is 27.6. The summed E-state index contributed by atoms with van der Waals surface area (Å²) in [5.74, 6) is 0.893. The van der Waals surface area contributed by atoms with Gasteiger partial charge in [-0.3, -0.25) is 4.90 Å². The first-order valence-electron chi connectivity index (χ1n) is 7.14. The van der Waals surface area contributed by atoms with Gasteiger partial charge in [-0.25, -0.2) is 0 Å². The molecule has 1 aliphatic rings. The lowest BCUT2D eigenvalue weighted by Gasteiger charge is -2.37. The fourth-order valence-electron chi connectivity index (χ4n) is 2.68. The molecule has 16 heavy (non-hydrogen) atoms. The van der Waals surface area contributed by atoms with Gasteiger partial charge in [-0.15, -0.1) is 0 Å². The smallest absolute Gasteiger partial charge is 0.0110 e. The summed E-state index contributed by atoms with van der Waals surface area (Å²) in [5, 5.41) is 3.66. The molecule has 1 saturated heterocycles. The number of nitrogens with zero attached hydrogens (tertiary/aromatic N) is 1. The minimum absolute atomic E-state index is 0.720. The highest BCUT2D eigenvalue weighted by Crippen LogP contribution is 2.20. The Labute approximate surface area is 102 Å². The van der Waals surface area contributed by atoms with Crippen LogP contribution in [0.2, 0.25) is 0 Å². The number of nitrogens with one attached hydrogen (secondary N) is 1. The summed E-state index contributed by atoms with van der Waals surface area (Å²) in [5.41, 5.74) is 0. The predicted molar refractivity (Wildman–Crippen MR) is 71.8 cm³/mol. The maximum atomic E-state index is 3.66.